The van der Waals surface area contributed by atoms with Gasteiger partial charge in [0, 0.05) is 25.2 Å². The van der Waals surface area contributed by atoms with Crippen LogP contribution in [0.15, 0.2) is 54.9 Å². The number of piperazine rings is 1. The Bertz CT molecular complexity index is 1020. The quantitative estimate of drug-likeness (QED) is 0.718. The van der Waals surface area contributed by atoms with Crippen LogP contribution < -0.4 is 4.74 Å². The highest BCUT2D eigenvalue weighted by Crippen LogP contribution is 2.22. The van der Waals surface area contributed by atoms with Gasteiger partial charge in [-0.25, -0.2) is 4.98 Å². The molecule has 0 atom stereocenters. The number of nitrogens with one attached hydrogen (secondary N) is 1. The molecule has 2 amide bonds. The van der Waals surface area contributed by atoms with E-state index in [0.29, 0.717) is 36.6 Å². The number of carbonyl (C=O) groups is 2. The number of amides is 2. The van der Waals surface area contributed by atoms with Crippen molar-refractivity contribution in [3.63, 3.8) is 0 Å². The summed E-state index contributed by atoms with van der Waals surface area (Å²) < 4.78 is 5.24. The van der Waals surface area contributed by atoms with Crippen molar-refractivity contribution in [1.82, 2.24) is 25.0 Å². The fourth-order valence-corrected chi connectivity index (χ4v) is 3.42. The molecule has 29 heavy (non-hydrogen) atoms. The summed E-state index contributed by atoms with van der Waals surface area (Å²) in [6.45, 7) is 1.49. The molecule has 1 aliphatic rings. The number of ether oxygens (including phenoxy) is 1. The number of H-pyrrole nitrogens is 1. The Morgan fingerprint density at radius 1 is 1.17 bits per heavy atom. The van der Waals surface area contributed by atoms with E-state index >= 15 is 0 Å². The lowest BCUT2D eigenvalue weighted by atomic mass is 10.1. The lowest BCUT2D eigenvalue weighted by Gasteiger charge is -2.34. The fourth-order valence-electron chi connectivity index (χ4n) is 3.42. The third kappa shape index (κ3) is 3.96. The second-order valence-electron chi connectivity index (χ2n) is 6.77. The summed E-state index contributed by atoms with van der Waals surface area (Å²) >= 11 is 0. The van der Waals surface area contributed by atoms with E-state index in [9.17, 15) is 9.59 Å². The van der Waals surface area contributed by atoms with E-state index in [1.165, 1.54) is 6.33 Å². The van der Waals surface area contributed by atoms with Crippen LogP contribution in [0.5, 0.6) is 5.75 Å². The summed E-state index contributed by atoms with van der Waals surface area (Å²) in [6.07, 6.45) is 1.40. The number of methoxy groups -OCH3 is 1. The first-order chi connectivity index (χ1) is 14.2. The lowest BCUT2D eigenvalue weighted by molar-refractivity contribution is -0.135. The first kappa shape index (κ1) is 18.7. The molecule has 0 bridgehead atoms. The van der Waals surface area contributed by atoms with Crippen molar-refractivity contribution < 1.29 is 14.3 Å². The minimum Gasteiger partial charge on any atom is -0.497 e. The first-order valence-corrected chi connectivity index (χ1v) is 9.30. The SMILES string of the molecule is COc1cccc(CN2CCN(C(=O)c3ccccc3-c3ncn[nH]3)CC2=O)c1. The van der Waals surface area contributed by atoms with Crippen molar-refractivity contribution in [3.8, 4) is 17.1 Å². The van der Waals surface area contributed by atoms with Crippen LogP contribution in [0.2, 0.25) is 0 Å². The average molecular weight is 391 g/mol. The van der Waals surface area contributed by atoms with Gasteiger partial charge in [0.1, 0.15) is 18.6 Å². The summed E-state index contributed by atoms with van der Waals surface area (Å²) in [5, 5.41) is 6.64. The van der Waals surface area contributed by atoms with Gasteiger partial charge in [-0.3, -0.25) is 14.7 Å². The van der Waals surface area contributed by atoms with Crippen molar-refractivity contribution in [2.75, 3.05) is 26.7 Å². The van der Waals surface area contributed by atoms with Gasteiger partial charge in [0.25, 0.3) is 5.91 Å². The smallest absolute Gasteiger partial charge is 0.255 e. The lowest BCUT2D eigenvalue weighted by Crippen LogP contribution is -2.51. The van der Waals surface area contributed by atoms with Crippen LogP contribution in [-0.2, 0) is 11.3 Å². The summed E-state index contributed by atoms with van der Waals surface area (Å²) in [7, 11) is 1.62. The Balaban J connectivity index is 1.46. The molecular formula is C21H21N5O3. The molecule has 1 N–H and O–H groups in total. The second kappa shape index (κ2) is 8.14. The third-order valence-corrected chi connectivity index (χ3v) is 4.94. The minimum atomic E-state index is -0.189. The Kier molecular flexibility index (Phi) is 5.24. The van der Waals surface area contributed by atoms with E-state index < -0.39 is 0 Å². The minimum absolute atomic E-state index is 0.0491. The van der Waals surface area contributed by atoms with Crippen LogP contribution in [-0.4, -0.2) is 63.5 Å². The number of aromatic amines is 1. The van der Waals surface area contributed by atoms with Crippen LogP contribution in [0.1, 0.15) is 15.9 Å². The second-order valence-corrected chi connectivity index (χ2v) is 6.77. The van der Waals surface area contributed by atoms with Crippen molar-refractivity contribution in [2.24, 2.45) is 0 Å². The van der Waals surface area contributed by atoms with Crippen molar-refractivity contribution in [3.05, 3.63) is 66.0 Å². The zero-order chi connectivity index (χ0) is 20.2. The molecule has 3 aromatic rings. The van der Waals surface area contributed by atoms with Crippen molar-refractivity contribution >= 4 is 11.8 Å². The zero-order valence-corrected chi connectivity index (χ0v) is 16.0. The van der Waals surface area contributed by atoms with Crippen LogP contribution in [0, 0.1) is 0 Å². The maximum absolute atomic E-state index is 13.1. The van der Waals surface area contributed by atoms with E-state index in [2.05, 4.69) is 15.2 Å². The number of rotatable bonds is 5. The maximum Gasteiger partial charge on any atom is 0.255 e. The van der Waals surface area contributed by atoms with Crippen LogP contribution >= 0.6 is 0 Å². The molecule has 8 nitrogen and oxygen atoms in total. The molecular weight excluding hydrogens is 370 g/mol. The predicted molar refractivity (Wildman–Crippen MR) is 106 cm³/mol. The number of aromatic nitrogens is 3. The van der Waals surface area contributed by atoms with E-state index in [4.69, 9.17) is 4.74 Å². The van der Waals surface area contributed by atoms with Gasteiger partial charge < -0.3 is 14.5 Å². The normalized spacial score (nSPS) is 14.2. The van der Waals surface area contributed by atoms with Gasteiger partial charge >= 0.3 is 0 Å². The maximum atomic E-state index is 13.1. The molecule has 1 saturated heterocycles. The Hall–Kier alpha value is -3.68. The van der Waals surface area contributed by atoms with Gasteiger partial charge in [0.15, 0.2) is 5.82 Å². The number of nitrogens with zero attached hydrogens (tertiary/aromatic N) is 4. The molecule has 148 valence electrons. The Morgan fingerprint density at radius 3 is 2.79 bits per heavy atom. The molecule has 4 rings (SSSR count). The van der Waals surface area contributed by atoms with Crippen LogP contribution in [0.3, 0.4) is 0 Å². The molecule has 2 heterocycles. The summed E-state index contributed by atoms with van der Waals surface area (Å²) in [5.74, 6) is 1.01. The monoisotopic (exact) mass is 391 g/mol. The standard InChI is InChI=1S/C21H21N5O3/c1-29-16-6-4-5-15(11-16)12-25-9-10-26(13-19(25)27)21(28)18-8-3-2-7-17(18)20-22-14-23-24-20/h2-8,11,14H,9-10,12-13H2,1H3,(H,22,23,24). The molecule has 1 aliphatic heterocycles. The Labute approximate surface area is 168 Å². The highest BCUT2D eigenvalue weighted by atomic mass is 16.5. The molecule has 2 aromatic carbocycles. The summed E-state index contributed by atoms with van der Waals surface area (Å²) in [4.78, 5) is 33.3. The van der Waals surface area contributed by atoms with E-state index in [0.717, 1.165) is 11.3 Å². The van der Waals surface area contributed by atoms with E-state index in [1.807, 2.05) is 36.4 Å². The van der Waals surface area contributed by atoms with Crippen molar-refractivity contribution in [2.45, 2.75) is 6.54 Å². The predicted octanol–water partition coefficient (Wildman–Crippen LogP) is 1.96. The van der Waals surface area contributed by atoms with Gasteiger partial charge in [-0.15, -0.1) is 0 Å². The van der Waals surface area contributed by atoms with Crippen LogP contribution in [0.25, 0.3) is 11.4 Å². The number of hydrogen-bond donors (Lipinski definition) is 1. The molecule has 0 saturated carbocycles. The largest absolute Gasteiger partial charge is 0.497 e. The van der Waals surface area contributed by atoms with Gasteiger partial charge in [-0.05, 0) is 23.8 Å². The third-order valence-electron chi connectivity index (χ3n) is 4.94. The molecule has 1 aromatic heterocycles. The van der Waals surface area contributed by atoms with E-state index in [-0.39, 0.29) is 18.4 Å². The number of hydrogen-bond acceptors (Lipinski definition) is 5. The molecule has 0 unspecified atom stereocenters. The van der Waals surface area contributed by atoms with Gasteiger partial charge in [0.2, 0.25) is 5.91 Å². The highest BCUT2D eigenvalue weighted by Gasteiger charge is 2.29. The fraction of sp³-hybridized carbons (Fsp3) is 0.238. The zero-order valence-electron chi connectivity index (χ0n) is 16.0. The van der Waals surface area contributed by atoms with E-state index in [1.54, 1.807) is 29.0 Å². The first-order valence-electron chi connectivity index (χ1n) is 9.30. The molecule has 0 spiro atoms. The van der Waals surface area contributed by atoms with Crippen molar-refractivity contribution in [1.29, 1.82) is 0 Å². The Morgan fingerprint density at radius 2 is 2.03 bits per heavy atom. The molecule has 1 fully saturated rings. The molecule has 0 aliphatic carbocycles. The number of benzene rings is 2. The molecule has 0 radical (unpaired) electrons. The van der Waals surface area contributed by atoms with Gasteiger partial charge in [0.05, 0.1) is 12.7 Å². The van der Waals surface area contributed by atoms with Crippen LogP contribution in [0.4, 0.5) is 0 Å². The van der Waals surface area contributed by atoms with Gasteiger partial charge in [-0.1, -0.05) is 30.3 Å². The molecule has 8 heteroatoms. The number of carbonyl (C=O) groups excluding carboxylic acids is 2. The van der Waals surface area contributed by atoms with Gasteiger partial charge in [-0.2, -0.15) is 5.10 Å². The highest BCUT2D eigenvalue weighted by molar-refractivity contribution is 6.01. The summed E-state index contributed by atoms with van der Waals surface area (Å²) in [5.41, 5.74) is 2.16. The average Bonchev–Trinajstić information content (AvgIpc) is 3.29. The summed E-state index contributed by atoms with van der Waals surface area (Å²) in [6, 6.07) is 14.8. The topological polar surface area (TPSA) is 91.4 Å².